The number of hydrogen-bond acceptors (Lipinski definition) is 3. The van der Waals surface area contributed by atoms with Crippen molar-refractivity contribution in [3.63, 3.8) is 0 Å². The van der Waals surface area contributed by atoms with Crippen molar-refractivity contribution in [2.45, 2.75) is 31.6 Å². The number of anilines is 1. The molecule has 1 aliphatic carbocycles. The molecule has 1 aliphatic rings. The number of thiophene rings is 1. The van der Waals surface area contributed by atoms with E-state index in [9.17, 15) is 14.0 Å². The lowest BCUT2D eigenvalue weighted by Crippen LogP contribution is -2.20. The van der Waals surface area contributed by atoms with Gasteiger partial charge in [-0.15, -0.1) is 11.3 Å². The van der Waals surface area contributed by atoms with Gasteiger partial charge in [-0.05, 0) is 66.8 Å². The summed E-state index contributed by atoms with van der Waals surface area (Å²) in [5.41, 5.74) is 1.02. The average Bonchev–Trinajstić information content (AvgIpc) is 3.14. The first-order chi connectivity index (χ1) is 13.5. The van der Waals surface area contributed by atoms with Crippen LogP contribution in [0.15, 0.2) is 48.5 Å². The van der Waals surface area contributed by atoms with Gasteiger partial charge in [0.1, 0.15) is 5.82 Å². The third-order valence-corrected chi connectivity index (χ3v) is 6.55. The van der Waals surface area contributed by atoms with E-state index in [1.807, 2.05) is 36.4 Å². The van der Waals surface area contributed by atoms with Gasteiger partial charge in [-0.25, -0.2) is 4.39 Å². The molecule has 0 spiro atoms. The fourth-order valence-corrected chi connectivity index (χ4v) is 4.80. The summed E-state index contributed by atoms with van der Waals surface area (Å²) in [6.07, 6.45) is 2.71. The predicted octanol–water partition coefficient (Wildman–Crippen LogP) is 5.65. The van der Waals surface area contributed by atoms with Gasteiger partial charge in [-0.3, -0.25) is 9.59 Å². The number of fused-ring (bicyclic) bond motifs is 1. The number of carbonyl (C=O) groups excluding carboxylic acids is 1. The maximum Gasteiger partial charge on any atom is 0.306 e. The van der Waals surface area contributed by atoms with Crippen LogP contribution in [-0.2, 0) is 4.79 Å². The minimum atomic E-state index is -0.746. The van der Waals surface area contributed by atoms with Gasteiger partial charge >= 0.3 is 5.97 Å². The third-order valence-electron chi connectivity index (χ3n) is 5.44. The molecule has 0 bridgehead atoms. The summed E-state index contributed by atoms with van der Waals surface area (Å²) >= 11 is 1.38. The van der Waals surface area contributed by atoms with E-state index in [0.29, 0.717) is 17.7 Å². The molecule has 28 heavy (non-hydrogen) atoms. The van der Waals surface area contributed by atoms with Gasteiger partial charge in [-0.2, -0.15) is 0 Å². The number of rotatable bonds is 4. The number of aliphatic carboxylic acids is 1. The molecule has 0 radical (unpaired) electrons. The van der Waals surface area contributed by atoms with E-state index in [1.54, 1.807) is 6.07 Å². The smallest absolute Gasteiger partial charge is 0.306 e. The molecule has 0 aliphatic heterocycles. The summed E-state index contributed by atoms with van der Waals surface area (Å²) < 4.78 is 15.6. The second kappa shape index (κ2) is 7.72. The van der Waals surface area contributed by atoms with Crippen LogP contribution in [0.25, 0.3) is 10.1 Å². The average molecular weight is 397 g/mol. The largest absolute Gasteiger partial charge is 0.481 e. The van der Waals surface area contributed by atoms with Crippen molar-refractivity contribution in [3.05, 3.63) is 64.8 Å². The van der Waals surface area contributed by atoms with Crippen LogP contribution in [0.4, 0.5) is 10.1 Å². The summed E-state index contributed by atoms with van der Waals surface area (Å²) in [5.74, 6) is -1.66. The fraction of sp³-hybridized carbons (Fsp3) is 0.273. The summed E-state index contributed by atoms with van der Waals surface area (Å²) in [5, 5.41) is 12.7. The van der Waals surface area contributed by atoms with Crippen molar-refractivity contribution >= 4 is 39.0 Å². The van der Waals surface area contributed by atoms with Crippen molar-refractivity contribution in [2.24, 2.45) is 5.92 Å². The number of carboxylic acid groups (broad SMARTS) is 1. The van der Waals surface area contributed by atoms with E-state index in [0.717, 1.165) is 28.5 Å². The number of amides is 1. The Morgan fingerprint density at radius 2 is 1.79 bits per heavy atom. The SMILES string of the molecule is O=C(Nc1ccc([C@H]2CC[C@H](C(=O)O)CC2)cc1F)c1cc2ccccc2s1. The second-order valence-electron chi connectivity index (χ2n) is 7.23. The minimum Gasteiger partial charge on any atom is -0.481 e. The first-order valence-corrected chi connectivity index (χ1v) is 10.1. The Bertz CT molecular complexity index is 1000. The summed E-state index contributed by atoms with van der Waals surface area (Å²) in [6.45, 7) is 0. The normalized spacial score (nSPS) is 19.5. The van der Waals surface area contributed by atoms with E-state index in [-0.39, 0.29) is 23.4 Å². The summed E-state index contributed by atoms with van der Waals surface area (Å²) in [4.78, 5) is 24.1. The lowest BCUT2D eigenvalue weighted by molar-refractivity contribution is -0.142. The van der Waals surface area contributed by atoms with Crippen molar-refractivity contribution in [2.75, 3.05) is 5.32 Å². The molecular weight excluding hydrogens is 377 g/mol. The van der Waals surface area contributed by atoms with Crippen LogP contribution in [0.2, 0.25) is 0 Å². The molecule has 2 aromatic carbocycles. The first kappa shape index (κ1) is 18.6. The number of halogens is 1. The Balaban J connectivity index is 1.46. The molecule has 1 aromatic heterocycles. The van der Waals surface area contributed by atoms with E-state index in [1.165, 1.54) is 17.4 Å². The zero-order valence-corrected chi connectivity index (χ0v) is 16.0. The van der Waals surface area contributed by atoms with Gasteiger partial charge in [0.05, 0.1) is 16.5 Å². The molecular formula is C22H20FNO3S. The molecule has 144 valence electrons. The third kappa shape index (κ3) is 3.78. The van der Waals surface area contributed by atoms with E-state index in [4.69, 9.17) is 5.11 Å². The van der Waals surface area contributed by atoms with Crippen LogP contribution < -0.4 is 5.32 Å². The molecule has 0 atom stereocenters. The van der Waals surface area contributed by atoms with Crippen LogP contribution >= 0.6 is 11.3 Å². The first-order valence-electron chi connectivity index (χ1n) is 9.33. The maximum atomic E-state index is 14.6. The van der Waals surface area contributed by atoms with Crippen molar-refractivity contribution in [1.29, 1.82) is 0 Å². The number of hydrogen-bond donors (Lipinski definition) is 2. The highest BCUT2D eigenvalue weighted by atomic mass is 32.1. The highest BCUT2D eigenvalue weighted by Gasteiger charge is 2.27. The predicted molar refractivity (Wildman–Crippen MR) is 109 cm³/mol. The molecule has 0 saturated heterocycles. The van der Waals surface area contributed by atoms with Gasteiger partial charge < -0.3 is 10.4 Å². The number of benzene rings is 2. The van der Waals surface area contributed by atoms with E-state index in [2.05, 4.69) is 5.32 Å². The molecule has 6 heteroatoms. The van der Waals surface area contributed by atoms with Gasteiger partial charge in [0, 0.05) is 4.70 Å². The van der Waals surface area contributed by atoms with E-state index >= 15 is 0 Å². The Morgan fingerprint density at radius 1 is 1.04 bits per heavy atom. The monoisotopic (exact) mass is 397 g/mol. The molecule has 3 aromatic rings. The van der Waals surface area contributed by atoms with Crippen LogP contribution in [0.1, 0.15) is 46.8 Å². The number of nitrogens with one attached hydrogen (secondary N) is 1. The Morgan fingerprint density at radius 3 is 2.46 bits per heavy atom. The Kier molecular flexibility index (Phi) is 5.13. The van der Waals surface area contributed by atoms with Gasteiger partial charge in [0.25, 0.3) is 5.91 Å². The highest BCUT2D eigenvalue weighted by molar-refractivity contribution is 7.20. The van der Waals surface area contributed by atoms with Crippen LogP contribution in [0.3, 0.4) is 0 Å². The van der Waals surface area contributed by atoms with Crippen LogP contribution in [0.5, 0.6) is 0 Å². The second-order valence-corrected chi connectivity index (χ2v) is 8.31. The zero-order chi connectivity index (χ0) is 19.7. The van der Waals surface area contributed by atoms with Gasteiger partial charge in [0.2, 0.25) is 0 Å². The quantitative estimate of drug-likeness (QED) is 0.598. The molecule has 2 N–H and O–H groups in total. The topological polar surface area (TPSA) is 66.4 Å². The molecule has 1 amide bonds. The van der Waals surface area contributed by atoms with Crippen LogP contribution in [0, 0.1) is 11.7 Å². The summed E-state index contributed by atoms with van der Waals surface area (Å²) in [6, 6.07) is 14.4. The van der Waals surface area contributed by atoms with Crippen molar-refractivity contribution < 1.29 is 19.1 Å². The lowest BCUT2D eigenvalue weighted by Gasteiger charge is -2.26. The molecule has 4 nitrogen and oxygen atoms in total. The number of carboxylic acids is 1. The molecule has 0 unspecified atom stereocenters. The molecule has 4 rings (SSSR count). The highest BCUT2D eigenvalue weighted by Crippen LogP contribution is 2.37. The Hall–Kier alpha value is -2.73. The number of carbonyl (C=O) groups is 2. The van der Waals surface area contributed by atoms with Crippen LogP contribution in [-0.4, -0.2) is 17.0 Å². The standard InChI is InChI=1S/C22H20FNO3S/c23-17-11-15(13-5-7-14(8-6-13)22(26)27)9-10-18(17)24-21(25)20-12-16-3-1-2-4-19(16)28-20/h1-4,9-14H,5-8H2,(H,24,25)(H,26,27)/t13-,14-. The summed E-state index contributed by atoms with van der Waals surface area (Å²) in [7, 11) is 0. The van der Waals surface area contributed by atoms with E-state index < -0.39 is 11.8 Å². The zero-order valence-electron chi connectivity index (χ0n) is 15.2. The maximum absolute atomic E-state index is 14.6. The molecule has 1 saturated carbocycles. The van der Waals surface area contributed by atoms with Crippen molar-refractivity contribution in [1.82, 2.24) is 0 Å². The van der Waals surface area contributed by atoms with Crippen molar-refractivity contribution in [3.8, 4) is 0 Å². The fourth-order valence-electron chi connectivity index (χ4n) is 3.84. The van der Waals surface area contributed by atoms with Gasteiger partial charge in [-0.1, -0.05) is 24.3 Å². The molecule has 1 fully saturated rings. The minimum absolute atomic E-state index is 0.158. The molecule has 1 heterocycles. The van der Waals surface area contributed by atoms with Gasteiger partial charge in [0.15, 0.2) is 0 Å². The lowest BCUT2D eigenvalue weighted by atomic mass is 9.79. The Labute approximate surface area is 166 Å².